The molecule has 1 amide bonds. The second-order valence-electron chi connectivity index (χ2n) is 5.55. The molecular weight excluding hydrogens is 240 g/mol. The lowest BCUT2D eigenvalue weighted by molar-refractivity contribution is -0.125. The van der Waals surface area contributed by atoms with Crippen molar-refractivity contribution in [1.82, 2.24) is 0 Å². The maximum atomic E-state index is 12.4. The first-order valence-electron chi connectivity index (χ1n) is 6.69. The van der Waals surface area contributed by atoms with Crippen molar-refractivity contribution < 1.29 is 9.53 Å². The Bertz CT molecular complexity index is 487. The van der Waals surface area contributed by atoms with Crippen LogP contribution < -0.4 is 15.8 Å². The van der Waals surface area contributed by atoms with Crippen LogP contribution in [0.25, 0.3) is 0 Å². The fourth-order valence-corrected chi connectivity index (χ4v) is 2.64. The van der Waals surface area contributed by atoms with E-state index in [0.29, 0.717) is 0 Å². The summed E-state index contributed by atoms with van der Waals surface area (Å²) in [6.07, 6.45) is 2.80. The van der Waals surface area contributed by atoms with E-state index in [2.05, 4.69) is 5.32 Å². The van der Waals surface area contributed by atoms with Crippen LogP contribution in [0.4, 0.5) is 5.69 Å². The van der Waals surface area contributed by atoms with Crippen molar-refractivity contribution in [3.8, 4) is 5.75 Å². The number of hydrogen-bond donors (Lipinski definition) is 2. The molecule has 4 heteroatoms. The van der Waals surface area contributed by atoms with E-state index in [9.17, 15) is 4.79 Å². The van der Waals surface area contributed by atoms with Crippen molar-refractivity contribution in [1.29, 1.82) is 0 Å². The van der Waals surface area contributed by atoms with Gasteiger partial charge in [-0.3, -0.25) is 4.79 Å². The Morgan fingerprint density at radius 2 is 2.26 bits per heavy atom. The van der Waals surface area contributed by atoms with E-state index in [0.717, 1.165) is 36.3 Å². The molecule has 3 N–H and O–H groups in total. The molecule has 1 aliphatic rings. The number of nitrogens with one attached hydrogen (secondary N) is 1. The summed E-state index contributed by atoms with van der Waals surface area (Å²) in [5.74, 6) is 0.810. The predicted molar refractivity (Wildman–Crippen MR) is 76.3 cm³/mol. The van der Waals surface area contributed by atoms with Crippen molar-refractivity contribution in [2.45, 2.75) is 39.2 Å². The normalized spacial score (nSPS) is 26.2. The molecule has 4 nitrogen and oxygen atoms in total. The Labute approximate surface area is 114 Å². The van der Waals surface area contributed by atoms with Crippen LogP contribution in [-0.4, -0.2) is 19.1 Å². The molecule has 2 unspecified atom stereocenters. The second kappa shape index (κ2) is 5.21. The van der Waals surface area contributed by atoms with E-state index in [4.69, 9.17) is 10.5 Å². The number of aryl methyl sites for hydroxylation is 1. The van der Waals surface area contributed by atoms with Crippen LogP contribution in [0.15, 0.2) is 18.2 Å². The van der Waals surface area contributed by atoms with Crippen LogP contribution in [0.5, 0.6) is 5.75 Å². The molecule has 2 atom stereocenters. The molecule has 19 heavy (non-hydrogen) atoms. The van der Waals surface area contributed by atoms with Crippen LogP contribution in [0.3, 0.4) is 0 Å². The molecule has 0 aliphatic heterocycles. The standard InChI is InChI=1S/C15H22N2O2/c1-10-9-11(19-3)6-7-12(10)17-14(18)15(2)8-4-5-13(15)16/h6-7,9,13H,4-5,8,16H2,1-3H3,(H,17,18). The number of ether oxygens (including phenoxy) is 1. The summed E-state index contributed by atoms with van der Waals surface area (Å²) < 4.78 is 5.16. The highest BCUT2D eigenvalue weighted by atomic mass is 16.5. The highest BCUT2D eigenvalue weighted by Crippen LogP contribution is 2.38. The fraction of sp³-hybridized carbons (Fsp3) is 0.533. The number of benzene rings is 1. The maximum absolute atomic E-state index is 12.4. The summed E-state index contributed by atoms with van der Waals surface area (Å²) in [5, 5.41) is 3.00. The van der Waals surface area contributed by atoms with Gasteiger partial charge in [0.15, 0.2) is 0 Å². The van der Waals surface area contributed by atoms with Gasteiger partial charge in [-0.25, -0.2) is 0 Å². The number of hydrogen-bond acceptors (Lipinski definition) is 3. The monoisotopic (exact) mass is 262 g/mol. The summed E-state index contributed by atoms with van der Waals surface area (Å²) >= 11 is 0. The quantitative estimate of drug-likeness (QED) is 0.879. The Morgan fingerprint density at radius 1 is 1.53 bits per heavy atom. The van der Waals surface area contributed by atoms with Gasteiger partial charge in [0.2, 0.25) is 5.91 Å². The van der Waals surface area contributed by atoms with Crippen LogP contribution in [0.1, 0.15) is 31.7 Å². The molecule has 0 saturated heterocycles. The van der Waals surface area contributed by atoms with Gasteiger partial charge in [-0.15, -0.1) is 0 Å². The number of nitrogens with two attached hydrogens (primary N) is 1. The smallest absolute Gasteiger partial charge is 0.231 e. The summed E-state index contributed by atoms with van der Waals surface area (Å²) in [7, 11) is 1.63. The van der Waals surface area contributed by atoms with Gasteiger partial charge in [-0.2, -0.15) is 0 Å². The highest BCUT2D eigenvalue weighted by Gasteiger charge is 2.42. The Balaban J connectivity index is 2.15. The number of amides is 1. The van der Waals surface area contributed by atoms with E-state index in [1.165, 1.54) is 0 Å². The molecule has 1 aliphatic carbocycles. The Kier molecular flexibility index (Phi) is 3.80. The van der Waals surface area contributed by atoms with Crippen molar-refractivity contribution in [3.63, 3.8) is 0 Å². The molecule has 1 aromatic rings. The second-order valence-corrected chi connectivity index (χ2v) is 5.55. The van der Waals surface area contributed by atoms with Crippen LogP contribution >= 0.6 is 0 Å². The van der Waals surface area contributed by atoms with Gasteiger partial charge in [0.25, 0.3) is 0 Å². The van der Waals surface area contributed by atoms with Crippen molar-refractivity contribution in [2.24, 2.45) is 11.1 Å². The van der Waals surface area contributed by atoms with Gasteiger partial charge in [-0.05, 0) is 50.5 Å². The third kappa shape index (κ3) is 2.59. The molecule has 0 heterocycles. The molecule has 1 fully saturated rings. The lowest BCUT2D eigenvalue weighted by atomic mass is 9.84. The number of rotatable bonds is 3. The van der Waals surface area contributed by atoms with Gasteiger partial charge in [0.05, 0.1) is 12.5 Å². The van der Waals surface area contributed by atoms with Crippen molar-refractivity contribution >= 4 is 11.6 Å². The van der Waals surface area contributed by atoms with Gasteiger partial charge in [-0.1, -0.05) is 6.42 Å². The highest BCUT2D eigenvalue weighted by molar-refractivity contribution is 5.96. The van der Waals surface area contributed by atoms with Crippen LogP contribution in [0, 0.1) is 12.3 Å². The molecule has 0 aromatic heterocycles. The van der Waals surface area contributed by atoms with E-state index in [1.54, 1.807) is 7.11 Å². The number of methoxy groups -OCH3 is 1. The molecule has 0 spiro atoms. The van der Waals surface area contributed by atoms with Crippen LogP contribution in [-0.2, 0) is 4.79 Å². The third-order valence-electron chi connectivity index (χ3n) is 4.23. The Morgan fingerprint density at radius 3 is 2.79 bits per heavy atom. The lowest BCUT2D eigenvalue weighted by Crippen LogP contribution is -2.44. The number of carbonyl (C=O) groups excluding carboxylic acids is 1. The van der Waals surface area contributed by atoms with E-state index >= 15 is 0 Å². The first-order valence-corrected chi connectivity index (χ1v) is 6.69. The zero-order valence-corrected chi connectivity index (χ0v) is 11.8. The molecule has 0 radical (unpaired) electrons. The number of carbonyl (C=O) groups is 1. The fourth-order valence-electron chi connectivity index (χ4n) is 2.64. The van der Waals surface area contributed by atoms with E-state index < -0.39 is 5.41 Å². The largest absolute Gasteiger partial charge is 0.497 e. The minimum Gasteiger partial charge on any atom is -0.497 e. The van der Waals surface area contributed by atoms with E-state index in [-0.39, 0.29) is 11.9 Å². The van der Waals surface area contributed by atoms with E-state index in [1.807, 2.05) is 32.0 Å². The molecule has 104 valence electrons. The number of anilines is 1. The predicted octanol–water partition coefficient (Wildman–Crippen LogP) is 2.46. The first kappa shape index (κ1) is 13.9. The molecule has 0 bridgehead atoms. The molecule has 2 rings (SSSR count). The van der Waals surface area contributed by atoms with Crippen molar-refractivity contribution in [3.05, 3.63) is 23.8 Å². The molecular formula is C15H22N2O2. The summed E-state index contributed by atoms with van der Waals surface area (Å²) in [4.78, 5) is 12.4. The van der Waals surface area contributed by atoms with Gasteiger partial charge < -0.3 is 15.8 Å². The van der Waals surface area contributed by atoms with Crippen molar-refractivity contribution in [2.75, 3.05) is 12.4 Å². The lowest BCUT2D eigenvalue weighted by Gasteiger charge is -2.27. The summed E-state index contributed by atoms with van der Waals surface area (Å²) in [6.45, 7) is 3.91. The zero-order chi connectivity index (χ0) is 14.0. The Hall–Kier alpha value is -1.55. The van der Waals surface area contributed by atoms with Gasteiger partial charge in [0, 0.05) is 11.7 Å². The maximum Gasteiger partial charge on any atom is 0.231 e. The van der Waals surface area contributed by atoms with Crippen LogP contribution in [0.2, 0.25) is 0 Å². The molecule has 1 aromatic carbocycles. The minimum absolute atomic E-state index is 0.0192. The van der Waals surface area contributed by atoms with Gasteiger partial charge in [0.1, 0.15) is 5.75 Å². The minimum atomic E-state index is -0.452. The molecule has 1 saturated carbocycles. The average molecular weight is 262 g/mol. The summed E-state index contributed by atoms with van der Waals surface area (Å²) in [6, 6.07) is 5.58. The zero-order valence-electron chi connectivity index (χ0n) is 11.8. The third-order valence-corrected chi connectivity index (χ3v) is 4.23. The SMILES string of the molecule is COc1ccc(NC(=O)C2(C)CCCC2N)c(C)c1. The van der Waals surface area contributed by atoms with Gasteiger partial charge >= 0.3 is 0 Å². The topological polar surface area (TPSA) is 64.3 Å². The first-order chi connectivity index (χ1) is 8.97. The average Bonchev–Trinajstić information content (AvgIpc) is 2.73. The summed E-state index contributed by atoms with van der Waals surface area (Å²) in [5.41, 5.74) is 7.43.